The van der Waals surface area contributed by atoms with E-state index < -0.39 is 23.0 Å². The Morgan fingerprint density at radius 1 is 1.04 bits per heavy atom. The molecule has 6 heteroatoms. The molecule has 0 aromatic heterocycles. The molecule has 25 heavy (non-hydrogen) atoms. The molecule has 3 rings (SSSR count). The zero-order valence-corrected chi connectivity index (χ0v) is 13.7. The molecule has 4 nitrogen and oxygen atoms in total. The number of amides is 2. The molecule has 1 saturated carbocycles. The summed E-state index contributed by atoms with van der Waals surface area (Å²) < 4.78 is 26.6. The fourth-order valence-electron chi connectivity index (χ4n) is 2.57. The van der Waals surface area contributed by atoms with Crippen molar-refractivity contribution >= 4 is 17.5 Å². The molecule has 0 unspecified atom stereocenters. The van der Waals surface area contributed by atoms with Gasteiger partial charge in [-0.2, -0.15) is 0 Å². The summed E-state index contributed by atoms with van der Waals surface area (Å²) in [5.74, 6) is -2.55. The van der Waals surface area contributed by atoms with E-state index in [2.05, 4.69) is 10.6 Å². The van der Waals surface area contributed by atoms with Crippen LogP contribution in [0.25, 0.3) is 0 Å². The molecule has 2 amide bonds. The molecule has 2 aromatic carbocycles. The maximum Gasteiger partial charge on any atom is 0.240 e. The van der Waals surface area contributed by atoms with Gasteiger partial charge >= 0.3 is 0 Å². The van der Waals surface area contributed by atoms with Gasteiger partial charge in [0, 0.05) is 12.6 Å². The number of hydrogen-bond donors (Lipinski definition) is 2. The van der Waals surface area contributed by atoms with Crippen LogP contribution in [0.5, 0.6) is 0 Å². The van der Waals surface area contributed by atoms with Crippen molar-refractivity contribution in [2.75, 3.05) is 5.32 Å². The van der Waals surface area contributed by atoms with Crippen LogP contribution in [0.2, 0.25) is 0 Å². The first-order valence-electron chi connectivity index (χ1n) is 8.01. The first kappa shape index (κ1) is 17.1. The van der Waals surface area contributed by atoms with E-state index in [4.69, 9.17) is 0 Å². The summed E-state index contributed by atoms with van der Waals surface area (Å²) in [4.78, 5) is 24.8. The Labute approximate surface area is 144 Å². The molecule has 0 atom stereocenters. The molecule has 0 saturated heterocycles. The number of halogens is 2. The number of benzene rings is 2. The van der Waals surface area contributed by atoms with E-state index in [0.717, 1.165) is 23.3 Å². The Morgan fingerprint density at radius 2 is 1.72 bits per heavy atom. The molecule has 0 bridgehead atoms. The molecular formula is C19H18F2N2O2. The minimum atomic E-state index is -1.18. The molecule has 0 radical (unpaired) electrons. The molecule has 130 valence electrons. The Kier molecular flexibility index (Phi) is 4.53. The van der Waals surface area contributed by atoms with Crippen molar-refractivity contribution in [2.24, 2.45) is 5.41 Å². The van der Waals surface area contributed by atoms with Crippen molar-refractivity contribution in [1.29, 1.82) is 0 Å². The third kappa shape index (κ3) is 3.68. The highest BCUT2D eigenvalue weighted by molar-refractivity contribution is 6.13. The molecule has 0 spiro atoms. The average molecular weight is 344 g/mol. The van der Waals surface area contributed by atoms with E-state index >= 15 is 0 Å². The lowest BCUT2D eigenvalue weighted by Crippen LogP contribution is -2.39. The van der Waals surface area contributed by atoms with Gasteiger partial charge in [0.15, 0.2) is 0 Å². The second-order valence-corrected chi connectivity index (χ2v) is 6.33. The van der Waals surface area contributed by atoms with Crippen LogP contribution in [-0.2, 0) is 16.1 Å². The van der Waals surface area contributed by atoms with Gasteiger partial charge in [0.25, 0.3) is 0 Å². The summed E-state index contributed by atoms with van der Waals surface area (Å²) in [5, 5.41) is 5.14. The maximum atomic E-state index is 13.7. The number of carbonyl (C=O) groups is 2. The predicted octanol–water partition coefficient (Wildman–Crippen LogP) is 3.31. The largest absolute Gasteiger partial charge is 0.351 e. The monoisotopic (exact) mass is 344 g/mol. The van der Waals surface area contributed by atoms with E-state index in [1.807, 2.05) is 31.2 Å². The van der Waals surface area contributed by atoms with Crippen LogP contribution in [0.15, 0.2) is 42.5 Å². The Hall–Kier alpha value is -2.76. The molecule has 2 N–H and O–H groups in total. The van der Waals surface area contributed by atoms with Crippen molar-refractivity contribution in [1.82, 2.24) is 5.32 Å². The van der Waals surface area contributed by atoms with Gasteiger partial charge in [-0.15, -0.1) is 0 Å². The lowest BCUT2D eigenvalue weighted by atomic mass is 10.0. The lowest BCUT2D eigenvalue weighted by Gasteiger charge is -2.16. The van der Waals surface area contributed by atoms with Crippen LogP contribution >= 0.6 is 0 Å². The van der Waals surface area contributed by atoms with Crippen molar-refractivity contribution < 1.29 is 18.4 Å². The van der Waals surface area contributed by atoms with Gasteiger partial charge in [-0.3, -0.25) is 9.59 Å². The topological polar surface area (TPSA) is 58.2 Å². The molecule has 1 fully saturated rings. The summed E-state index contributed by atoms with van der Waals surface area (Å²) in [7, 11) is 0. The summed E-state index contributed by atoms with van der Waals surface area (Å²) in [6.07, 6.45) is 0.808. The highest BCUT2D eigenvalue weighted by Crippen LogP contribution is 2.47. The van der Waals surface area contributed by atoms with E-state index in [1.165, 1.54) is 0 Å². The van der Waals surface area contributed by atoms with Gasteiger partial charge in [-0.1, -0.05) is 29.8 Å². The van der Waals surface area contributed by atoms with E-state index in [0.29, 0.717) is 25.5 Å². The summed E-state index contributed by atoms with van der Waals surface area (Å²) >= 11 is 0. The van der Waals surface area contributed by atoms with E-state index in [1.54, 1.807) is 0 Å². The summed E-state index contributed by atoms with van der Waals surface area (Å²) in [6.45, 7) is 2.29. The van der Waals surface area contributed by atoms with Crippen LogP contribution < -0.4 is 10.6 Å². The first-order chi connectivity index (χ1) is 11.9. The number of carbonyl (C=O) groups excluding carboxylic acids is 2. The molecule has 1 aliphatic carbocycles. The van der Waals surface area contributed by atoms with Crippen LogP contribution in [0.3, 0.4) is 0 Å². The Morgan fingerprint density at radius 3 is 2.32 bits per heavy atom. The number of anilines is 1. The molecule has 0 aliphatic heterocycles. The minimum absolute atomic E-state index is 0.135. The van der Waals surface area contributed by atoms with Crippen molar-refractivity contribution in [3.8, 4) is 0 Å². The third-order valence-corrected chi connectivity index (χ3v) is 4.37. The Bertz CT molecular complexity index is 815. The first-order valence-corrected chi connectivity index (χ1v) is 8.01. The number of aryl methyl sites for hydroxylation is 1. The summed E-state index contributed by atoms with van der Waals surface area (Å²) in [6, 6.07) is 10.6. The Balaban J connectivity index is 1.63. The van der Waals surface area contributed by atoms with Gasteiger partial charge in [0.05, 0.1) is 5.69 Å². The second-order valence-electron chi connectivity index (χ2n) is 6.33. The molecule has 2 aromatic rings. The number of hydrogen-bond acceptors (Lipinski definition) is 2. The van der Waals surface area contributed by atoms with E-state index in [-0.39, 0.29) is 11.6 Å². The molecule has 0 heterocycles. The zero-order valence-electron chi connectivity index (χ0n) is 13.7. The quantitative estimate of drug-likeness (QED) is 0.818. The SMILES string of the molecule is Cc1ccc(CNC(=O)C2(C(=O)Nc3ccc(F)cc3F)CC2)cc1. The van der Waals surface area contributed by atoms with Gasteiger partial charge in [-0.25, -0.2) is 8.78 Å². The van der Waals surface area contributed by atoms with Gasteiger partial charge in [0.2, 0.25) is 11.8 Å². The molecular weight excluding hydrogens is 326 g/mol. The standard InChI is InChI=1S/C19H18F2N2O2/c1-12-2-4-13(5-3-12)11-22-17(24)19(8-9-19)18(25)23-16-7-6-14(20)10-15(16)21/h2-7,10H,8-9,11H2,1H3,(H,22,24)(H,23,25). The van der Waals surface area contributed by atoms with Crippen molar-refractivity contribution in [3.05, 3.63) is 65.2 Å². The number of rotatable bonds is 5. The maximum absolute atomic E-state index is 13.7. The van der Waals surface area contributed by atoms with Crippen molar-refractivity contribution in [3.63, 3.8) is 0 Å². The smallest absolute Gasteiger partial charge is 0.240 e. The third-order valence-electron chi connectivity index (χ3n) is 4.37. The van der Waals surface area contributed by atoms with Gasteiger partial charge < -0.3 is 10.6 Å². The molecule has 1 aliphatic rings. The van der Waals surface area contributed by atoms with Crippen LogP contribution in [-0.4, -0.2) is 11.8 Å². The van der Waals surface area contributed by atoms with Crippen LogP contribution in [0.4, 0.5) is 14.5 Å². The van der Waals surface area contributed by atoms with Gasteiger partial charge in [0.1, 0.15) is 17.0 Å². The highest BCUT2D eigenvalue weighted by Gasteiger charge is 2.56. The van der Waals surface area contributed by atoms with Crippen molar-refractivity contribution in [2.45, 2.75) is 26.3 Å². The fourth-order valence-corrected chi connectivity index (χ4v) is 2.57. The second kappa shape index (κ2) is 6.63. The normalized spacial score (nSPS) is 14.7. The van der Waals surface area contributed by atoms with Crippen LogP contribution in [0.1, 0.15) is 24.0 Å². The fraction of sp³-hybridized carbons (Fsp3) is 0.263. The lowest BCUT2D eigenvalue weighted by molar-refractivity contribution is -0.134. The average Bonchev–Trinajstić information content (AvgIpc) is 3.38. The summed E-state index contributed by atoms with van der Waals surface area (Å²) in [5.41, 5.74) is 0.740. The minimum Gasteiger partial charge on any atom is -0.351 e. The van der Waals surface area contributed by atoms with Crippen LogP contribution in [0, 0.1) is 24.0 Å². The highest BCUT2D eigenvalue weighted by atomic mass is 19.1. The zero-order chi connectivity index (χ0) is 18.0. The number of nitrogens with one attached hydrogen (secondary N) is 2. The van der Waals surface area contributed by atoms with Gasteiger partial charge in [-0.05, 0) is 37.5 Å². The predicted molar refractivity (Wildman–Crippen MR) is 89.7 cm³/mol. The van der Waals surface area contributed by atoms with E-state index in [9.17, 15) is 18.4 Å².